The lowest BCUT2D eigenvalue weighted by atomic mass is 9.79. The monoisotopic (exact) mass is 781 g/mol. The molecule has 2 heterocycles. The van der Waals surface area contributed by atoms with Crippen molar-refractivity contribution in [1.82, 2.24) is 14.7 Å². The molecule has 0 atom stereocenters. The number of piperidine rings is 1. The first-order valence-corrected chi connectivity index (χ1v) is 21.2. The smallest absolute Gasteiger partial charge is 0.409 e. The number of aliphatic hydroxyl groups excluding tert-OH is 1. The minimum Gasteiger partial charge on any atom is -0.507 e. The minimum atomic E-state index is -0.288. The number of hydrogen-bond donors (Lipinski definition) is 2. The lowest BCUT2D eigenvalue weighted by Gasteiger charge is -2.41. The average molecular weight is 782 g/mol. The molecule has 2 N–H and O–H groups in total. The number of hydrogen-bond acceptors (Lipinski definition) is 8. The molecule has 10 heteroatoms. The van der Waals surface area contributed by atoms with Crippen LogP contribution in [0.5, 0.6) is 11.5 Å². The second kappa shape index (κ2) is 16.7. The number of likely N-dealkylation sites (tertiary alicyclic amines) is 1. The van der Waals surface area contributed by atoms with Gasteiger partial charge >= 0.3 is 6.09 Å². The first kappa shape index (κ1) is 43.9. The predicted molar refractivity (Wildman–Crippen MR) is 225 cm³/mol. The maximum atomic E-state index is 12.9. The summed E-state index contributed by atoms with van der Waals surface area (Å²) < 4.78 is 13.8. The van der Waals surface area contributed by atoms with Gasteiger partial charge in [-0.1, -0.05) is 83.1 Å². The molecule has 1 aliphatic rings. The van der Waals surface area contributed by atoms with Crippen LogP contribution in [-0.4, -0.2) is 61.4 Å². The normalized spacial score (nSPS) is 15.4. The summed E-state index contributed by atoms with van der Waals surface area (Å²) in [5, 5.41) is 25.9. The molecule has 8 nitrogen and oxygen atoms in total. The molecule has 300 valence electrons. The van der Waals surface area contributed by atoms with Gasteiger partial charge in [0.1, 0.15) is 11.5 Å². The van der Waals surface area contributed by atoms with Gasteiger partial charge in [0.05, 0.1) is 35.3 Å². The molecule has 0 spiro atoms. The van der Waals surface area contributed by atoms with Crippen LogP contribution in [0.2, 0.25) is 0 Å². The molecular weight excluding hydrogens is 715 g/mol. The molecule has 1 aliphatic heterocycles. The number of phenolic OH excluding ortho intramolecular Hbond substituents is 1. The molecule has 0 bridgehead atoms. The third-order valence-corrected chi connectivity index (χ3v) is 12.9. The lowest BCUT2D eigenvalue weighted by Crippen LogP contribution is -2.44. The molecule has 2 aromatic carbocycles. The van der Waals surface area contributed by atoms with E-state index >= 15 is 0 Å². The van der Waals surface area contributed by atoms with Gasteiger partial charge in [-0.25, -0.2) is 4.79 Å². The lowest BCUT2D eigenvalue weighted by molar-refractivity contribution is 0.0993. The van der Waals surface area contributed by atoms with Gasteiger partial charge in [0.25, 0.3) is 0 Å². The third-order valence-electron chi connectivity index (χ3n) is 9.95. The predicted octanol–water partition coefficient (Wildman–Crippen LogP) is 10.9. The number of aliphatic hydroxyl groups is 1. The number of ether oxygens (including phenoxy) is 2. The van der Waals surface area contributed by atoms with E-state index in [0.29, 0.717) is 38.6 Å². The van der Waals surface area contributed by atoms with E-state index < -0.39 is 0 Å². The summed E-state index contributed by atoms with van der Waals surface area (Å²) in [6.07, 6.45) is 2.05. The van der Waals surface area contributed by atoms with Crippen molar-refractivity contribution in [2.75, 3.05) is 26.3 Å². The summed E-state index contributed by atoms with van der Waals surface area (Å²) in [5.41, 5.74) is 5.07. The fraction of sp³-hybridized carbons (Fsp3) is 0.636. The second-order valence-corrected chi connectivity index (χ2v) is 22.0. The maximum Gasteiger partial charge on any atom is 0.409 e. The van der Waals surface area contributed by atoms with Crippen molar-refractivity contribution < 1.29 is 24.5 Å². The van der Waals surface area contributed by atoms with Crippen LogP contribution < -0.4 is 4.74 Å². The van der Waals surface area contributed by atoms with Crippen LogP contribution in [0.25, 0.3) is 0 Å². The highest BCUT2D eigenvalue weighted by Crippen LogP contribution is 2.55. The molecule has 1 saturated heterocycles. The van der Waals surface area contributed by atoms with Crippen LogP contribution in [-0.2, 0) is 39.5 Å². The standard InChI is InChI=1S/C44H67N3O5S2/c1-15-51-39(50)46-20-17-44(18-21-46,53-31-24-33(40(3,4)5)37(49)34(25-31)41(6,7)8)54-32-26-35(42(9,10)11)38(36(27-32)43(12,13)14)52-22-16-19-47-30(28-48)23-29(2)45-47/h23-27,48-49H,15-22,28H2,1-14H3. The number of phenols is 1. The van der Waals surface area contributed by atoms with Gasteiger partial charge in [-0.2, -0.15) is 5.10 Å². The molecular formula is C44H67N3O5S2. The first-order valence-electron chi connectivity index (χ1n) is 19.5. The Morgan fingerprint density at radius 3 is 1.69 bits per heavy atom. The summed E-state index contributed by atoms with van der Waals surface area (Å²) >= 11 is 3.77. The summed E-state index contributed by atoms with van der Waals surface area (Å²) in [6.45, 7) is 32.9. The van der Waals surface area contributed by atoms with E-state index in [1.807, 2.05) is 53.0 Å². The van der Waals surface area contributed by atoms with Crippen molar-refractivity contribution in [2.24, 2.45) is 0 Å². The number of aromatic hydroxyl groups is 1. The van der Waals surface area contributed by atoms with Crippen molar-refractivity contribution in [3.8, 4) is 11.5 Å². The van der Waals surface area contributed by atoms with Gasteiger partial charge in [-0.15, -0.1) is 23.5 Å². The third kappa shape index (κ3) is 10.7. The van der Waals surface area contributed by atoms with Gasteiger partial charge in [-0.3, -0.25) is 4.68 Å². The fourth-order valence-corrected chi connectivity index (χ4v) is 10.0. The van der Waals surface area contributed by atoms with E-state index in [2.05, 4.69) is 112 Å². The Morgan fingerprint density at radius 2 is 1.26 bits per heavy atom. The van der Waals surface area contributed by atoms with E-state index in [1.54, 1.807) is 0 Å². The zero-order valence-corrected chi connectivity index (χ0v) is 37.2. The zero-order valence-electron chi connectivity index (χ0n) is 35.5. The zero-order chi connectivity index (χ0) is 40.4. The minimum absolute atomic E-state index is 0.0357. The van der Waals surface area contributed by atoms with Crippen molar-refractivity contribution in [1.29, 1.82) is 0 Å². The number of amides is 1. The van der Waals surface area contributed by atoms with E-state index in [1.165, 1.54) is 16.0 Å². The number of carbonyl (C=O) groups is 1. The topological polar surface area (TPSA) is 97.0 Å². The van der Waals surface area contributed by atoms with Gasteiger partial charge in [-0.05, 0) is 78.7 Å². The Kier molecular flexibility index (Phi) is 13.6. The summed E-state index contributed by atoms with van der Waals surface area (Å²) in [4.78, 5) is 17.0. The van der Waals surface area contributed by atoms with Crippen molar-refractivity contribution in [3.05, 3.63) is 64.0 Å². The molecule has 0 unspecified atom stereocenters. The van der Waals surface area contributed by atoms with E-state index in [-0.39, 0.29) is 38.4 Å². The molecule has 0 aliphatic carbocycles. The largest absolute Gasteiger partial charge is 0.507 e. The van der Waals surface area contributed by atoms with Gasteiger partial charge in [0.2, 0.25) is 0 Å². The number of nitrogens with zero attached hydrogens (tertiary/aromatic N) is 3. The summed E-state index contributed by atoms with van der Waals surface area (Å²) in [7, 11) is 0. The molecule has 1 amide bonds. The second-order valence-electron chi connectivity index (χ2n) is 18.9. The molecule has 54 heavy (non-hydrogen) atoms. The maximum absolute atomic E-state index is 12.9. The number of aromatic nitrogens is 2. The van der Waals surface area contributed by atoms with Crippen LogP contribution in [0.3, 0.4) is 0 Å². The van der Waals surface area contributed by atoms with Crippen molar-refractivity contribution in [3.63, 3.8) is 0 Å². The average Bonchev–Trinajstić information content (AvgIpc) is 3.41. The van der Waals surface area contributed by atoms with Gasteiger partial charge in [0.15, 0.2) is 0 Å². The fourth-order valence-electron chi connectivity index (χ4n) is 6.95. The van der Waals surface area contributed by atoms with Crippen LogP contribution in [0, 0.1) is 6.92 Å². The molecule has 0 radical (unpaired) electrons. The number of carbonyl (C=O) groups excluding carboxylic acids is 1. The highest BCUT2D eigenvalue weighted by atomic mass is 32.2. The highest BCUT2D eigenvalue weighted by Gasteiger charge is 2.40. The van der Waals surface area contributed by atoms with Crippen LogP contribution >= 0.6 is 23.5 Å². The quantitative estimate of drug-likeness (QED) is 0.147. The van der Waals surface area contributed by atoms with E-state index in [4.69, 9.17) is 9.47 Å². The van der Waals surface area contributed by atoms with Gasteiger partial charge in [0, 0.05) is 58.1 Å². The number of thioether (sulfide) groups is 2. The Balaban J connectivity index is 1.78. The Morgan fingerprint density at radius 1 is 0.796 bits per heavy atom. The van der Waals surface area contributed by atoms with Crippen molar-refractivity contribution >= 4 is 29.6 Å². The van der Waals surface area contributed by atoms with Crippen LogP contribution in [0.1, 0.15) is 143 Å². The molecule has 1 fully saturated rings. The molecule has 4 rings (SSSR count). The Hall–Kier alpha value is -2.82. The number of rotatable bonds is 11. The van der Waals surface area contributed by atoms with Crippen molar-refractivity contribution in [2.45, 2.75) is 165 Å². The van der Waals surface area contributed by atoms with E-state index in [9.17, 15) is 15.0 Å². The SMILES string of the molecule is CCOC(=O)N1CCC(Sc2cc(C(C)(C)C)c(O)c(C(C)(C)C)c2)(Sc2cc(C(C)(C)C)c(OCCCn3nc(C)cc3CO)c(C(C)(C)C)c2)CC1. The Bertz CT molecular complexity index is 1690. The first-order chi connectivity index (χ1) is 24.9. The van der Waals surface area contributed by atoms with Crippen LogP contribution in [0.15, 0.2) is 40.1 Å². The molecule has 0 saturated carbocycles. The molecule has 3 aromatic rings. The van der Waals surface area contributed by atoms with Crippen LogP contribution in [0.4, 0.5) is 4.79 Å². The number of aryl methyl sites for hydroxylation is 2. The highest BCUT2D eigenvalue weighted by molar-refractivity contribution is 8.18. The summed E-state index contributed by atoms with van der Waals surface area (Å²) in [5.74, 6) is 1.33. The Labute approximate surface area is 334 Å². The summed E-state index contributed by atoms with van der Waals surface area (Å²) in [6, 6.07) is 10.9. The molecule has 1 aromatic heterocycles. The van der Waals surface area contributed by atoms with E-state index in [0.717, 1.165) is 52.4 Å². The van der Waals surface area contributed by atoms with Gasteiger partial charge < -0.3 is 24.6 Å². The number of benzene rings is 2.